The predicted octanol–water partition coefficient (Wildman–Crippen LogP) is 4.27. The maximum atomic E-state index is 4.66. The van der Waals surface area contributed by atoms with Crippen molar-refractivity contribution >= 4 is 22.1 Å². The van der Waals surface area contributed by atoms with Crippen molar-refractivity contribution in [3.8, 4) is 5.69 Å². The van der Waals surface area contributed by atoms with Crippen LogP contribution in [0.2, 0.25) is 0 Å². The normalized spacial score (nSPS) is 12.1. The fourth-order valence-electron chi connectivity index (χ4n) is 2.89. The second-order valence-corrected chi connectivity index (χ2v) is 6.73. The Balaban J connectivity index is 2.01. The molecule has 0 N–H and O–H groups in total. The van der Waals surface area contributed by atoms with E-state index in [0.717, 1.165) is 33.4 Å². The molecule has 114 valence electrons. The average molecular weight is 302 g/mol. The molecule has 0 aromatic carbocycles. The lowest BCUT2D eigenvalue weighted by Crippen LogP contribution is -2.13. The fourth-order valence-corrected chi connectivity index (χ4v) is 2.89. The predicted molar refractivity (Wildman–Crippen MR) is 92.9 cm³/mol. The van der Waals surface area contributed by atoms with Crippen LogP contribution in [0.25, 0.3) is 27.8 Å². The lowest BCUT2D eigenvalue weighted by atomic mass is 9.92. The van der Waals surface area contributed by atoms with Gasteiger partial charge >= 0.3 is 0 Å². The van der Waals surface area contributed by atoms with E-state index in [1.54, 1.807) is 0 Å². The lowest BCUT2D eigenvalue weighted by Gasteiger charge is -2.18. The van der Waals surface area contributed by atoms with E-state index in [9.17, 15) is 0 Å². The molecule has 0 bridgehead atoms. The monoisotopic (exact) mass is 302 g/mol. The van der Waals surface area contributed by atoms with Crippen LogP contribution in [0, 0.1) is 0 Å². The van der Waals surface area contributed by atoms with Crippen molar-refractivity contribution in [3.05, 3.63) is 60.7 Å². The van der Waals surface area contributed by atoms with Crippen molar-refractivity contribution in [2.24, 2.45) is 0 Å². The van der Waals surface area contributed by atoms with Gasteiger partial charge in [0, 0.05) is 23.5 Å². The molecule has 0 spiro atoms. The van der Waals surface area contributed by atoms with Gasteiger partial charge in [0.25, 0.3) is 0 Å². The van der Waals surface area contributed by atoms with E-state index in [2.05, 4.69) is 64.6 Å². The lowest BCUT2D eigenvalue weighted by molar-refractivity contribution is 0.569. The largest absolute Gasteiger partial charge is 0.304 e. The molecule has 0 fully saturated rings. The molecule has 0 aliphatic rings. The minimum atomic E-state index is 0.0441. The van der Waals surface area contributed by atoms with Crippen LogP contribution in [0.4, 0.5) is 0 Å². The van der Waals surface area contributed by atoms with Crippen molar-refractivity contribution in [2.45, 2.75) is 26.2 Å². The van der Waals surface area contributed by atoms with Gasteiger partial charge in [-0.15, -0.1) is 0 Å². The van der Waals surface area contributed by atoms with Gasteiger partial charge in [0.15, 0.2) is 0 Å². The zero-order valence-corrected chi connectivity index (χ0v) is 13.5. The number of aromatic nitrogens is 4. The molecule has 4 nitrogen and oxygen atoms in total. The Morgan fingerprint density at radius 2 is 1.39 bits per heavy atom. The van der Waals surface area contributed by atoms with Crippen LogP contribution in [-0.4, -0.2) is 19.5 Å². The second-order valence-electron chi connectivity index (χ2n) is 6.73. The maximum Gasteiger partial charge on any atom is 0.115 e. The summed E-state index contributed by atoms with van der Waals surface area (Å²) in [4.78, 5) is 13.7. The third kappa shape index (κ3) is 2.18. The van der Waals surface area contributed by atoms with Gasteiger partial charge in [0.05, 0.1) is 22.9 Å². The molecule has 0 radical (unpaired) electrons. The summed E-state index contributed by atoms with van der Waals surface area (Å²) < 4.78 is 2.17. The molecule has 0 unspecified atom stereocenters. The Labute approximate surface area is 134 Å². The van der Waals surface area contributed by atoms with Gasteiger partial charge in [-0.1, -0.05) is 20.8 Å². The summed E-state index contributed by atoms with van der Waals surface area (Å²) in [6, 6.07) is 12.3. The molecule has 0 amide bonds. The van der Waals surface area contributed by atoms with Gasteiger partial charge in [0.2, 0.25) is 0 Å². The Bertz CT molecular complexity index is 938. The standard InChI is InChI=1S/C19H18N4/c1-19(2,3)16-9-8-13(12-22-16)23-14-6-4-10-20-17(14)18-15(23)7-5-11-21-18/h4-12H,1-3H3. The number of hydrogen-bond acceptors (Lipinski definition) is 3. The van der Waals surface area contributed by atoms with Crippen LogP contribution in [0.15, 0.2) is 55.0 Å². The average Bonchev–Trinajstić information content (AvgIpc) is 2.89. The summed E-state index contributed by atoms with van der Waals surface area (Å²) >= 11 is 0. The first kappa shape index (κ1) is 13.9. The summed E-state index contributed by atoms with van der Waals surface area (Å²) in [6.45, 7) is 6.51. The molecule has 0 saturated heterocycles. The quantitative estimate of drug-likeness (QED) is 0.527. The zero-order chi connectivity index (χ0) is 16.0. The molecule has 4 aromatic heterocycles. The van der Waals surface area contributed by atoms with E-state index in [4.69, 9.17) is 0 Å². The van der Waals surface area contributed by atoms with E-state index < -0.39 is 0 Å². The molecular weight excluding hydrogens is 284 g/mol. The highest BCUT2D eigenvalue weighted by Crippen LogP contribution is 2.29. The summed E-state index contributed by atoms with van der Waals surface area (Å²) in [5.41, 5.74) is 6.09. The van der Waals surface area contributed by atoms with Crippen LogP contribution in [0.3, 0.4) is 0 Å². The SMILES string of the molecule is CC(C)(C)c1ccc(-n2c3cccnc3c3ncccc32)cn1. The van der Waals surface area contributed by atoms with Gasteiger partial charge in [-0.3, -0.25) is 15.0 Å². The van der Waals surface area contributed by atoms with Crippen molar-refractivity contribution in [2.75, 3.05) is 0 Å². The van der Waals surface area contributed by atoms with Crippen LogP contribution in [-0.2, 0) is 5.41 Å². The van der Waals surface area contributed by atoms with Gasteiger partial charge in [0.1, 0.15) is 11.0 Å². The van der Waals surface area contributed by atoms with E-state index in [1.807, 2.05) is 30.7 Å². The minimum Gasteiger partial charge on any atom is -0.304 e. The molecule has 0 saturated carbocycles. The molecule has 4 aromatic rings. The van der Waals surface area contributed by atoms with E-state index in [1.165, 1.54) is 0 Å². The highest BCUT2D eigenvalue weighted by atomic mass is 15.0. The van der Waals surface area contributed by atoms with Crippen LogP contribution in [0.1, 0.15) is 26.5 Å². The van der Waals surface area contributed by atoms with Crippen LogP contribution in [0.5, 0.6) is 0 Å². The fraction of sp³-hybridized carbons (Fsp3) is 0.211. The summed E-state index contributed by atoms with van der Waals surface area (Å²) in [7, 11) is 0. The van der Waals surface area contributed by atoms with Gasteiger partial charge in [-0.05, 0) is 36.4 Å². The third-order valence-electron chi connectivity index (χ3n) is 4.05. The summed E-state index contributed by atoms with van der Waals surface area (Å²) in [5, 5.41) is 0. The molecule has 23 heavy (non-hydrogen) atoms. The molecule has 4 heteroatoms. The maximum absolute atomic E-state index is 4.66. The van der Waals surface area contributed by atoms with E-state index >= 15 is 0 Å². The van der Waals surface area contributed by atoms with Crippen molar-refractivity contribution in [1.82, 2.24) is 19.5 Å². The van der Waals surface area contributed by atoms with Gasteiger partial charge < -0.3 is 4.57 Å². The van der Waals surface area contributed by atoms with Gasteiger partial charge in [-0.25, -0.2) is 0 Å². The zero-order valence-electron chi connectivity index (χ0n) is 13.5. The van der Waals surface area contributed by atoms with Crippen molar-refractivity contribution < 1.29 is 0 Å². The van der Waals surface area contributed by atoms with E-state index in [0.29, 0.717) is 0 Å². The van der Waals surface area contributed by atoms with Crippen LogP contribution >= 0.6 is 0 Å². The number of hydrogen-bond donors (Lipinski definition) is 0. The number of nitrogens with zero attached hydrogens (tertiary/aromatic N) is 4. The van der Waals surface area contributed by atoms with Crippen LogP contribution < -0.4 is 0 Å². The highest BCUT2D eigenvalue weighted by molar-refractivity contribution is 6.04. The molecular formula is C19H18N4. The number of rotatable bonds is 1. The number of pyridine rings is 3. The molecule has 0 aliphatic heterocycles. The second kappa shape index (κ2) is 4.88. The number of fused-ring (bicyclic) bond motifs is 3. The van der Waals surface area contributed by atoms with E-state index in [-0.39, 0.29) is 5.41 Å². The smallest absolute Gasteiger partial charge is 0.115 e. The Hall–Kier alpha value is -2.75. The first-order chi connectivity index (χ1) is 11.1. The first-order valence-electron chi connectivity index (χ1n) is 7.73. The summed E-state index contributed by atoms with van der Waals surface area (Å²) in [5.74, 6) is 0. The molecule has 4 heterocycles. The highest BCUT2D eigenvalue weighted by Gasteiger charge is 2.17. The Morgan fingerprint density at radius 1 is 0.783 bits per heavy atom. The Kier molecular flexibility index (Phi) is 2.94. The third-order valence-corrected chi connectivity index (χ3v) is 4.05. The topological polar surface area (TPSA) is 43.6 Å². The Morgan fingerprint density at radius 3 is 1.87 bits per heavy atom. The van der Waals surface area contributed by atoms with Crippen molar-refractivity contribution in [1.29, 1.82) is 0 Å². The molecule has 0 aliphatic carbocycles. The van der Waals surface area contributed by atoms with Crippen molar-refractivity contribution in [3.63, 3.8) is 0 Å². The molecule has 0 atom stereocenters. The first-order valence-corrected chi connectivity index (χ1v) is 7.73. The van der Waals surface area contributed by atoms with Gasteiger partial charge in [-0.2, -0.15) is 0 Å². The molecule has 4 rings (SSSR count). The summed E-state index contributed by atoms with van der Waals surface area (Å²) in [6.07, 6.45) is 5.54. The minimum absolute atomic E-state index is 0.0441.